The van der Waals surface area contributed by atoms with Gasteiger partial charge in [0.25, 0.3) is 21.6 Å². The number of hydrazone groups is 1. The van der Waals surface area contributed by atoms with Crippen molar-refractivity contribution >= 4 is 33.0 Å². The van der Waals surface area contributed by atoms with E-state index in [1.165, 1.54) is 24.3 Å². The zero-order valence-corrected chi connectivity index (χ0v) is 17.0. The molecule has 2 aromatic carbocycles. The first-order valence-corrected chi connectivity index (χ1v) is 11.0. The van der Waals surface area contributed by atoms with Crippen molar-refractivity contribution in [2.75, 3.05) is 10.8 Å². The van der Waals surface area contributed by atoms with E-state index in [-0.39, 0.29) is 5.69 Å². The number of carbonyl (C=O) groups excluding carboxylic acids is 1. The molecule has 2 aromatic rings. The van der Waals surface area contributed by atoms with Gasteiger partial charge in [0.2, 0.25) is 0 Å². The topological polar surface area (TPSA) is 122 Å². The van der Waals surface area contributed by atoms with Gasteiger partial charge < -0.3 is 0 Å². The second kappa shape index (κ2) is 9.49. The van der Waals surface area contributed by atoms with Gasteiger partial charge in [0.1, 0.15) is 6.54 Å². The number of amides is 1. The summed E-state index contributed by atoms with van der Waals surface area (Å²) in [7, 11) is -4.39. The van der Waals surface area contributed by atoms with E-state index in [0.717, 1.165) is 54.3 Å². The molecule has 0 heterocycles. The Bertz CT molecular complexity index is 1050. The summed E-state index contributed by atoms with van der Waals surface area (Å²) < 4.78 is 27.5. The Hall–Kier alpha value is -3.27. The van der Waals surface area contributed by atoms with Crippen LogP contribution in [0.5, 0.6) is 0 Å². The first-order chi connectivity index (χ1) is 14.4. The maximum Gasteiger partial charge on any atom is 0.289 e. The van der Waals surface area contributed by atoms with Crippen LogP contribution in [0, 0.1) is 10.1 Å². The van der Waals surface area contributed by atoms with E-state index in [0.29, 0.717) is 0 Å². The summed E-state index contributed by atoms with van der Waals surface area (Å²) in [6, 6.07) is 13.0. The van der Waals surface area contributed by atoms with Crippen LogP contribution in [0.4, 0.5) is 11.4 Å². The van der Waals surface area contributed by atoms with Crippen LogP contribution < -0.4 is 9.73 Å². The summed E-state index contributed by atoms with van der Waals surface area (Å²) >= 11 is 0. The van der Waals surface area contributed by atoms with Crippen molar-refractivity contribution in [1.29, 1.82) is 0 Å². The molecule has 10 heteroatoms. The number of sulfonamides is 1. The third-order valence-electron chi connectivity index (χ3n) is 4.73. The van der Waals surface area contributed by atoms with E-state index >= 15 is 0 Å². The van der Waals surface area contributed by atoms with E-state index in [4.69, 9.17) is 0 Å². The number of nitro groups is 1. The number of hydrogen-bond acceptors (Lipinski definition) is 6. The van der Waals surface area contributed by atoms with E-state index in [1.807, 2.05) is 0 Å². The molecule has 0 aliphatic heterocycles. The van der Waals surface area contributed by atoms with Crippen molar-refractivity contribution in [3.63, 3.8) is 0 Å². The molecule has 30 heavy (non-hydrogen) atoms. The molecule has 0 radical (unpaired) electrons. The SMILES string of the molecule is O=C(CN(c1ccccc1)S(=O)(=O)c1ccccc1[N+](=O)[O-])NN=C1CCCCC1. The van der Waals surface area contributed by atoms with Crippen LogP contribution in [0.2, 0.25) is 0 Å². The van der Waals surface area contributed by atoms with Crippen molar-refractivity contribution in [3.8, 4) is 0 Å². The molecule has 0 saturated heterocycles. The fourth-order valence-electron chi connectivity index (χ4n) is 3.23. The largest absolute Gasteiger partial charge is 0.289 e. The maximum absolute atomic E-state index is 13.3. The van der Waals surface area contributed by atoms with E-state index in [9.17, 15) is 23.3 Å². The summed E-state index contributed by atoms with van der Waals surface area (Å²) in [5.74, 6) is -0.626. The number of rotatable bonds is 7. The van der Waals surface area contributed by atoms with Gasteiger partial charge in [-0.2, -0.15) is 5.10 Å². The Morgan fingerprint density at radius 2 is 1.67 bits per heavy atom. The van der Waals surface area contributed by atoms with Gasteiger partial charge in [-0.25, -0.2) is 13.8 Å². The quantitative estimate of drug-likeness (QED) is 0.534. The molecule has 0 bridgehead atoms. The zero-order valence-electron chi connectivity index (χ0n) is 16.2. The summed E-state index contributed by atoms with van der Waals surface area (Å²) in [6.45, 7) is -0.560. The van der Waals surface area contributed by atoms with Gasteiger partial charge in [-0.3, -0.25) is 19.2 Å². The van der Waals surface area contributed by atoms with Gasteiger partial charge in [-0.05, 0) is 43.9 Å². The number of para-hydroxylation sites is 2. The van der Waals surface area contributed by atoms with Crippen molar-refractivity contribution in [1.82, 2.24) is 5.43 Å². The third-order valence-corrected chi connectivity index (χ3v) is 6.55. The highest BCUT2D eigenvalue weighted by Gasteiger charge is 2.33. The highest BCUT2D eigenvalue weighted by atomic mass is 32.2. The molecule has 1 aliphatic rings. The Balaban J connectivity index is 1.92. The lowest BCUT2D eigenvalue weighted by Crippen LogP contribution is -2.40. The molecule has 1 amide bonds. The Morgan fingerprint density at radius 1 is 1.03 bits per heavy atom. The zero-order chi connectivity index (χ0) is 21.6. The van der Waals surface area contributed by atoms with Gasteiger partial charge >= 0.3 is 0 Å². The number of benzene rings is 2. The molecule has 158 valence electrons. The van der Waals surface area contributed by atoms with Gasteiger partial charge in [0.15, 0.2) is 4.90 Å². The highest BCUT2D eigenvalue weighted by molar-refractivity contribution is 7.93. The lowest BCUT2D eigenvalue weighted by molar-refractivity contribution is -0.387. The van der Waals surface area contributed by atoms with E-state index in [1.54, 1.807) is 18.2 Å². The minimum Gasteiger partial charge on any atom is -0.271 e. The normalized spacial score (nSPS) is 14.1. The maximum atomic E-state index is 13.3. The molecule has 0 unspecified atom stereocenters. The number of nitrogens with zero attached hydrogens (tertiary/aromatic N) is 3. The van der Waals surface area contributed by atoms with Crippen LogP contribution in [0.3, 0.4) is 0 Å². The average molecular weight is 430 g/mol. The molecule has 0 aromatic heterocycles. The molecule has 0 atom stereocenters. The third kappa shape index (κ3) is 5.01. The number of hydrogen-bond donors (Lipinski definition) is 1. The van der Waals surface area contributed by atoms with Crippen LogP contribution in [0.25, 0.3) is 0 Å². The van der Waals surface area contributed by atoms with Crippen molar-refractivity contribution in [2.45, 2.75) is 37.0 Å². The molecular weight excluding hydrogens is 408 g/mol. The number of carbonyl (C=O) groups is 1. The van der Waals surface area contributed by atoms with Gasteiger partial charge in [-0.1, -0.05) is 36.8 Å². The summed E-state index contributed by atoms with van der Waals surface area (Å²) in [5, 5.41) is 15.5. The predicted molar refractivity (Wildman–Crippen MR) is 113 cm³/mol. The van der Waals surface area contributed by atoms with Crippen molar-refractivity contribution in [2.24, 2.45) is 5.10 Å². The fourth-order valence-corrected chi connectivity index (χ4v) is 4.81. The first kappa shape index (κ1) is 21.4. The second-order valence-corrected chi connectivity index (χ2v) is 8.68. The molecule has 9 nitrogen and oxygen atoms in total. The standard InChI is InChI=1S/C20H22N4O5S/c25-20(22-21-16-9-3-1-4-10-16)15-23(17-11-5-2-6-12-17)30(28,29)19-14-8-7-13-18(19)24(26)27/h2,5-8,11-14H,1,3-4,9-10,15H2,(H,22,25). The van der Waals surface area contributed by atoms with Crippen LogP contribution in [-0.4, -0.2) is 31.5 Å². The molecule has 0 spiro atoms. The van der Waals surface area contributed by atoms with Crippen molar-refractivity contribution in [3.05, 3.63) is 64.7 Å². The van der Waals surface area contributed by atoms with Gasteiger partial charge in [0.05, 0.1) is 10.6 Å². The monoisotopic (exact) mass is 430 g/mol. The Kier molecular flexibility index (Phi) is 6.78. The summed E-state index contributed by atoms with van der Waals surface area (Å²) in [6.07, 6.45) is 4.75. The number of anilines is 1. The van der Waals surface area contributed by atoms with Crippen LogP contribution in [0.1, 0.15) is 32.1 Å². The minimum absolute atomic E-state index is 0.219. The van der Waals surface area contributed by atoms with E-state index in [2.05, 4.69) is 10.5 Å². The lowest BCUT2D eigenvalue weighted by Gasteiger charge is -2.23. The average Bonchev–Trinajstić information content (AvgIpc) is 2.77. The van der Waals surface area contributed by atoms with Crippen LogP contribution in [0.15, 0.2) is 64.6 Å². The van der Waals surface area contributed by atoms with Crippen LogP contribution in [-0.2, 0) is 14.8 Å². The van der Waals surface area contributed by atoms with Crippen molar-refractivity contribution < 1.29 is 18.1 Å². The second-order valence-electron chi connectivity index (χ2n) is 6.85. The molecule has 3 rings (SSSR count). The Labute approximate surface area is 174 Å². The smallest absolute Gasteiger partial charge is 0.271 e. The molecule has 1 aliphatic carbocycles. The highest BCUT2D eigenvalue weighted by Crippen LogP contribution is 2.29. The first-order valence-electron chi connectivity index (χ1n) is 9.55. The fraction of sp³-hybridized carbons (Fsp3) is 0.300. The number of nitro benzene ring substituents is 1. The van der Waals surface area contributed by atoms with Gasteiger partial charge in [-0.15, -0.1) is 0 Å². The summed E-state index contributed by atoms with van der Waals surface area (Å²) in [5.41, 5.74) is 2.96. The minimum atomic E-state index is -4.39. The molecular formula is C20H22N4O5S. The number of nitrogens with one attached hydrogen (secondary N) is 1. The van der Waals surface area contributed by atoms with Crippen LogP contribution >= 0.6 is 0 Å². The predicted octanol–water partition coefficient (Wildman–Crippen LogP) is 3.23. The molecule has 1 saturated carbocycles. The van der Waals surface area contributed by atoms with Gasteiger partial charge in [0, 0.05) is 11.8 Å². The summed E-state index contributed by atoms with van der Waals surface area (Å²) in [4.78, 5) is 22.6. The molecule has 1 fully saturated rings. The molecule has 1 N–H and O–H groups in total. The lowest BCUT2D eigenvalue weighted by atomic mass is 9.99. The Morgan fingerprint density at radius 3 is 2.33 bits per heavy atom. The van der Waals surface area contributed by atoms with E-state index < -0.39 is 38.0 Å².